The van der Waals surface area contributed by atoms with Crippen molar-refractivity contribution in [3.63, 3.8) is 0 Å². The molecule has 1 atom stereocenters. The molecule has 0 aliphatic rings. The molecule has 0 aliphatic carbocycles. The maximum Gasteiger partial charge on any atom is 0.416 e. The molecular weight excluding hydrogens is 263 g/mol. The molecule has 1 heterocycles. The zero-order valence-electron chi connectivity index (χ0n) is 10.4. The van der Waals surface area contributed by atoms with Crippen molar-refractivity contribution >= 4 is 11.7 Å². The molecule has 1 unspecified atom stereocenters. The van der Waals surface area contributed by atoms with Gasteiger partial charge in [0.05, 0.1) is 6.54 Å². The number of anilines is 1. The number of carbonyl (C=O) groups excluding carboxylic acids is 1. The summed E-state index contributed by atoms with van der Waals surface area (Å²) in [6.07, 6.45) is -5.85. The molecule has 0 radical (unpaired) electrons. The summed E-state index contributed by atoms with van der Waals surface area (Å²) >= 11 is 0. The Balaban J connectivity index is 2.58. The van der Waals surface area contributed by atoms with E-state index in [1.807, 2.05) is 0 Å². The molecule has 1 aromatic rings. The van der Waals surface area contributed by atoms with Crippen LogP contribution in [0.25, 0.3) is 0 Å². The lowest BCUT2D eigenvalue weighted by Gasteiger charge is -2.22. The lowest BCUT2D eigenvalue weighted by atomic mass is 10.3. The predicted molar refractivity (Wildman–Crippen MR) is 62.7 cm³/mol. The third-order valence-corrected chi connectivity index (χ3v) is 2.32. The van der Waals surface area contributed by atoms with Gasteiger partial charge < -0.3 is 15.3 Å². The van der Waals surface area contributed by atoms with Crippen molar-refractivity contribution in [1.82, 2.24) is 9.88 Å². The van der Waals surface area contributed by atoms with Gasteiger partial charge in [-0.05, 0) is 19.1 Å². The minimum absolute atomic E-state index is 0.422. The fraction of sp³-hybridized carbons (Fsp3) is 0.455. The summed E-state index contributed by atoms with van der Waals surface area (Å²) in [5.74, 6) is 0. The number of likely N-dealkylation sites (N-methyl/N-ethyl adjacent to an activating group) is 1. The maximum absolute atomic E-state index is 12.1. The summed E-state index contributed by atoms with van der Waals surface area (Å²) in [7, 11) is 1.17. The molecule has 1 aromatic heterocycles. The van der Waals surface area contributed by atoms with Gasteiger partial charge in [0.2, 0.25) is 0 Å². The van der Waals surface area contributed by atoms with E-state index in [-0.39, 0.29) is 0 Å². The van der Waals surface area contributed by atoms with E-state index in [1.54, 1.807) is 13.0 Å². The molecule has 0 saturated heterocycles. The van der Waals surface area contributed by atoms with Crippen LogP contribution in [0.1, 0.15) is 5.69 Å². The van der Waals surface area contributed by atoms with Gasteiger partial charge in [0.1, 0.15) is 0 Å². The van der Waals surface area contributed by atoms with Gasteiger partial charge in [0, 0.05) is 24.6 Å². The minimum Gasteiger partial charge on any atom is -0.382 e. The van der Waals surface area contributed by atoms with E-state index >= 15 is 0 Å². The van der Waals surface area contributed by atoms with Crippen LogP contribution in [0.3, 0.4) is 0 Å². The van der Waals surface area contributed by atoms with Gasteiger partial charge in [-0.25, -0.2) is 4.79 Å². The molecule has 0 aliphatic heterocycles. The average molecular weight is 277 g/mol. The second kappa shape index (κ2) is 5.87. The van der Waals surface area contributed by atoms with E-state index in [0.717, 1.165) is 4.90 Å². The molecular formula is C11H14F3N3O2. The topological polar surface area (TPSA) is 65.5 Å². The molecule has 19 heavy (non-hydrogen) atoms. The number of carbonyl (C=O) groups is 1. The quantitative estimate of drug-likeness (QED) is 0.885. The molecule has 2 amide bonds. The number of nitrogens with zero attached hydrogens (tertiary/aromatic N) is 2. The molecule has 0 saturated carbocycles. The summed E-state index contributed by atoms with van der Waals surface area (Å²) in [4.78, 5) is 16.3. The van der Waals surface area contributed by atoms with Gasteiger partial charge in [-0.15, -0.1) is 0 Å². The lowest BCUT2D eigenvalue weighted by Crippen LogP contribution is -2.43. The van der Waals surface area contributed by atoms with Gasteiger partial charge in [-0.2, -0.15) is 13.2 Å². The van der Waals surface area contributed by atoms with Gasteiger partial charge >= 0.3 is 12.2 Å². The number of halogens is 3. The fourth-order valence-corrected chi connectivity index (χ4v) is 1.29. The molecule has 0 spiro atoms. The van der Waals surface area contributed by atoms with Gasteiger partial charge in [0.15, 0.2) is 6.10 Å². The van der Waals surface area contributed by atoms with E-state index in [1.165, 1.54) is 19.3 Å². The molecule has 0 fully saturated rings. The van der Waals surface area contributed by atoms with Crippen molar-refractivity contribution in [2.24, 2.45) is 0 Å². The molecule has 8 heteroatoms. The first-order valence-corrected chi connectivity index (χ1v) is 5.39. The number of nitrogens with one attached hydrogen (secondary N) is 1. The van der Waals surface area contributed by atoms with Gasteiger partial charge in [-0.1, -0.05) is 0 Å². The number of alkyl halides is 3. The van der Waals surface area contributed by atoms with Crippen molar-refractivity contribution < 1.29 is 23.1 Å². The Hall–Kier alpha value is -1.83. The number of aliphatic hydroxyl groups is 1. The lowest BCUT2D eigenvalue weighted by molar-refractivity contribution is -0.205. The van der Waals surface area contributed by atoms with Crippen LogP contribution < -0.4 is 5.32 Å². The average Bonchev–Trinajstić information content (AvgIpc) is 2.27. The standard InChI is InChI=1S/C11H14F3N3O2/c1-7-5-8(3-4-15-7)16-10(19)17(2)6-9(18)11(12,13)14/h3-5,9,18H,6H2,1-2H3,(H,15,16,19). The molecule has 0 bridgehead atoms. The summed E-state index contributed by atoms with van der Waals surface area (Å²) in [5.41, 5.74) is 1.08. The predicted octanol–water partition coefficient (Wildman–Crippen LogP) is 1.78. The fourth-order valence-electron chi connectivity index (χ4n) is 1.29. The van der Waals surface area contributed by atoms with Crippen LogP contribution in [-0.4, -0.2) is 46.9 Å². The highest BCUT2D eigenvalue weighted by Crippen LogP contribution is 2.20. The number of hydrogen-bond donors (Lipinski definition) is 2. The summed E-state index contributed by atoms with van der Waals surface area (Å²) < 4.78 is 36.4. The van der Waals surface area contributed by atoms with E-state index in [0.29, 0.717) is 11.4 Å². The highest BCUT2D eigenvalue weighted by Gasteiger charge is 2.39. The van der Waals surface area contributed by atoms with Crippen LogP contribution in [-0.2, 0) is 0 Å². The molecule has 2 N–H and O–H groups in total. The number of urea groups is 1. The van der Waals surface area contributed by atoms with Crippen molar-refractivity contribution in [2.75, 3.05) is 18.9 Å². The number of aliphatic hydroxyl groups excluding tert-OH is 1. The van der Waals surface area contributed by atoms with E-state index in [4.69, 9.17) is 5.11 Å². The Morgan fingerprint density at radius 1 is 1.58 bits per heavy atom. The Morgan fingerprint density at radius 3 is 2.74 bits per heavy atom. The summed E-state index contributed by atoms with van der Waals surface area (Å²) in [6, 6.07) is 2.35. The van der Waals surface area contributed by atoms with Crippen LogP contribution in [0.15, 0.2) is 18.3 Å². The van der Waals surface area contributed by atoms with Gasteiger partial charge in [-0.3, -0.25) is 4.98 Å². The van der Waals surface area contributed by atoms with Crippen LogP contribution in [0.4, 0.5) is 23.7 Å². The second-order valence-electron chi connectivity index (χ2n) is 4.05. The molecule has 106 valence electrons. The Kier molecular flexibility index (Phi) is 4.71. The van der Waals surface area contributed by atoms with Crippen molar-refractivity contribution in [3.8, 4) is 0 Å². The Bertz CT molecular complexity index is 451. The SMILES string of the molecule is Cc1cc(NC(=O)N(C)CC(O)C(F)(F)F)ccn1. The number of aromatic nitrogens is 1. The highest BCUT2D eigenvalue weighted by atomic mass is 19.4. The number of aryl methyl sites for hydroxylation is 1. The number of amides is 2. The van der Waals surface area contributed by atoms with E-state index in [2.05, 4.69) is 10.3 Å². The molecule has 5 nitrogen and oxygen atoms in total. The van der Waals surface area contributed by atoms with E-state index < -0.39 is 24.9 Å². The normalized spacial score (nSPS) is 12.9. The zero-order chi connectivity index (χ0) is 14.6. The Morgan fingerprint density at radius 2 is 2.21 bits per heavy atom. The zero-order valence-corrected chi connectivity index (χ0v) is 10.4. The van der Waals surface area contributed by atoms with Crippen LogP contribution in [0.5, 0.6) is 0 Å². The van der Waals surface area contributed by atoms with Crippen LogP contribution in [0.2, 0.25) is 0 Å². The molecule has 0 aromatic carbocycles. The number of rotatable bonds is 3. The maximum atomic E-state index is 12.1. The van der Waals surface area contributed by atoms with Crippen molar-refractivity contribution in [3.05, 3.63) is 24.0 Å². The molecule has 1 rings (SSSR count). The first kappa shape index (κ1) is 15.2. The van der Waals surface area contributed by atoms with Crippen molar-refractivity contribution in [1.29, 1.82) is 0 Å². The van der Waals surface area contributed by atoms with E-state index in [9.17, 15) is 18.0 Å². The van der Waals surface area contributed by atoms with Crippen molar-refractivity contribution in [2.45, 2.75) is 19.2 Å². The third kappa shape index (κ3) is 4.74. The highest BCUT2D eigenvalue weighted by molar-refractivity contribution is 5.89. The second-order valence-corrected chi connectivity index (χ2v) is 4.05. The summed E-state index contributed by atoms with van der Waals surface area (Å²) in [6.45, 7) is 0.881. The Labute approximate surface area is 108 Å². The summed E-state index contributed by atoms with van der Waals surface area (Å²) in [5, 5.41) is 11.3. The smallest absolute Gasteiger partial charge is 0.382 e. The van der Waals surface area contributed by atoms with Gasteiger partial charge in [0.25, 0.3) is 0 Å². The minimum atomic E-state index is -4.75. The number of hydrogen-bond acceptors (Lipinski definition) is 3. The monoisotopic (exact) mass is 277 g/mol. The van der Waals surface area contributed by atoms with Crippen LogP contribution >= 0.6 is 0 Å². The first-order chi connectivity index (χ1) is 8.70. The third-order valence-electron chi connectivity index (χ3n) is 2.32. The first-order valence-electron chi connectivity index (χ1n) is 5.39. The number of pyridine rings is 1. The van der Waals surface area contributed by atoms with Crippen LogP contribution in [0, 0.1) is 6.92 Å². The largest absolute Gasteiger partial charge is 0.416 e.